The van der Waals surface area contributed by atoms with Gasteiger partial charge in [0.2, 0.25) is 0 Å². The molecule has 0 aliphatic heterocycles. The van der Waals surface area contributed by atoms with Crippen LogP contribution in [0.4, 0.5) is 5.69 Å². The van der Waals surface area contributed by atoms with E-state index in [1.54, 1.807) is 12.1 Å². The molecule has 1 amide bonds. The summed E-state index contributed by atoms with van der Waals surface area (Å²) in [5, 5.41) is 5.96. The third-order valence-electron chi connectivity index (χ3n) is 3.26. The lowest BCUT2D eigenvalue weighted by atomic mass is 10.2. The van der Waals surface area contributed by atoms with E-state index in [0.29, 0.717) is 23.8 Å². The Kier molecular flexibility index (Phi) is 6.96. The number of halogens is 1. The summed E-state index contributed by atoms with van der Waals surface area (Å²) in [6.07, 6.45) is 0. The van der Waals surface area contributed by atoms with Crippen molar-refractivity contribution in [3.05, 3.63) is 58.1 Å². The zero-order valence-electron chi connectivity index (χ0n) is 14.4. The second-order valence-electron chi connectivity index (χ2n) is 6.12. The predicted molar refractivity (Wildman–Crippen MR) is 109 cm³/mol. The minimum absolute atomic E-state index is 0.241. The van der Waals surface area contributed by atoms with Crippen molar-refractivity contribution in [3.63, 3.8) is 0 Å². The van der Waals surface area contributed by atoms with Crippen molar-refractivity contribution in [3.8, 4) is 5.75 Å². The fraction of sp³-hybridized carbons (Fsp3) is 0.263. The molecule has 4 nitrogen and oxygen atoms in total. The number of anilines is 1. The van der Waals surface area contributed by atoms with E-state index in [9.17, 15) is 4.79 Å². The van der Waals surface area contributed by atoms with Crippen LogP contribution in [0.1, 0.15) is 29.8 Å². The van der Waals surface area contributed by atoms with Crippen LogP contribution in [-0.2, 0) is 0 Å². The van der Waals surface area contributed by atoms with Gasteiger partial charge in [0, 0.05) is 10.2 Å². The van der Waals surface area contributed by atoms with Gasteiger partial charge in [-0.05, 0) is 61.0 Å². The van der Waals surface area contributed by atoms with E-state index < -0.39 is 0 Å². The van der Waals surface area contributed by atoms with Gasteiger partial charge in [-0.15, -0.1) is 0 Å². The fourth-order valence-electron chi connectivity index (χ4n) is 2.12. The normalized spacial score (nSPS) is 10.4. The number of hydrogen-bond donors (Lipinski definition) is 2. The van der Waals surface area contributed by atoms with Crippen molar-refractivity contribution in [2.75, 3.05) is 11.9 Å². The maximum Gasteiger partial charge on any atom is 0.261 e. The molecular weight excluding hydrogens is 400 g/mol. The number of amides is 1. The molecule has 0 aliphatic rings. The highest BCUT2D eigenvalue weighted by Crippen LogP contribution is 2.24. The number of aryl methyl sites for hydroxylation is 1. The number of rotatable bonds is 5. The average molecular weight is 421 g/mol. The number of nitrogens with one attached hydrogen (secondary N) is 2. The molecule has 0 aromatic heterocycles. The quantitative estimate of drug-likeness (QED) is 0.673. The van der Waals surface area contributed by atoms with Crippen LogP contribution in [-0.4, -0.2) is 17.6 Å². The van der Waals surface area contributed by atoms with Gasteiger partial charge in [-0.25, -0.2) is 0 Å². The standard InChI is InChI=1S/C19H21BrN2O2S/c1-12(2)11-24-17-8-7-14(20)10-16(17)18(23)22-19(25)21-15-6-4-5-13(3)9-15/h4-10,12H,11H2,1-3H3,(H2,21,22,23,25). The summed E-state index contributed by atoms with van der Waals surface area (Å²) in [4.78, 5) is 12.6. The summed E-state index contributed by atoms with van der Waals surface area (Å²) in [7, 11) is 0. The van der Waals surface area contributed by atoms with Crippen LogP contribution in [0, 0.1) is 12.8 Å². The van der Waals surface area contributed by atoms with Crippen molar-refractivity contribution in [2.24, 2.45) is 5.92 Å². The predicted octanol–water partition coefficient (Wildman–Crippen LogP) is 4.92. The summed E-state index contributed by atoms with van der Waals surface area (Å²) in [6.45, 7) is 6.64. The van der Waals surface area contributed by atoms with Crippen LogP contribution in [0.5, 0.6) is 5.75 Å². The van der Waals surface area contributed by atoms with E-state index in [4.69, 9.17) is 17.0 Å². The summed E-state index contributed by atoms with van der Waals surface area (Å²) in [6, 6.07) is 13.1. The van der Waals surface area contributed by atoms with Crippen molar-refractivity contribution >= 4 is 44.9 Å². The molecule has 0 bridgehead atoms. The molecule has 132 valence electrons. The first-order chi connectivity index (χ1) is 11.8. The molecule has 0 saturated carbocycles. The maximum atomic E-state index is 12.6. The van der Waals surface area contributed by atoms with E-state index in [1.165, 1.54) is 0 Å². The summed E-state index contributed by atoms with van der Waals surface area (Å²) in [5.74, 6) is 0.585. The molecule has 0 heterocycles. The van der Waals surface area contributed by atoms with Crippen LogP contribution >= 0.6 is 28.1 Å². The molecule has 0 unspecified atom stereocenters. The van der Waals surface area contributed by atoms with Gasteiger partial charge in [0.15, 0.2) is 5.11 Å². The van der Waals surface area contributed by atoms with Gasteiger partial charge in [-0.2, -0.15) is 0 Å². The Morgan fingerprint density at radius 2 is 2.00 bits per heavy atom. The molecular formula is C19H21BrN2O2S. The number of carbonyl (C=O) groups is 1. The first-order valence-corrected chi connectivity index (χ1v) is 9.16. The molecule has 0 saturated heterocycles. The van der Waals surface area contributed by atoms with E-state index in [-0.39, 0.29) is 11.0 Å². The molecule has 2 aromatic carbocycles. The zero-order valence-corrected chi connectivity index (χ0v) is 16.8. The van der Waals surface area contributed by atoms with Crippen molar-refractivity contribution in [1.29, 1.82) is 0 Å². The second-order valence-corrected chi connectivity index (χ2v) is 7.45. The highest BCUT2D eigenvalue weighted by atomic mass is 79.9. The summed E-state index contributed by atoms with van der Waals surface area (Å²) < 4.78 is 6.54. The number of carbonyl (C=O) groups excluding carboxylic acids is 1. The molecule has 2 rings (SSSR count). The lowest BCUT2D eigenvalue weighted by Gasteiger charge is -2.14. The Morgan fingerprint density at radius 1 is 1.24 bits per heavy atom. The molecule has 25 heavy (non-hydrogen) atoms. The lowest BCUT2D eigenvalue weighted by molar-refractivity contribution is 0.0973. The number of benzene rings is 2. The summed E-state index contributed by atoms with van der Waals surface area (Å²) >= 11 is 8.63. The lowest BCUT2D eigenvalue weighted by Crippen LogP contribution is -2.34. The third kappa shape index (κ3) is 6.14. The number of ether oxygens (including phenoxy) is 1. The van der Waals surface area contributed by atoms with Gasteiger partial charge < -0.3 is 10.1 Å². The Bertz CT molecular complexity index is 778. The molecule has 0 radical (unpaired) electrons. The zero-order chi connectivity index (χ0) is 18.4. The molecule has 6 heteroatoms. The van der Waals surface area contributed by atoms with Crippen molar-refractivity contribution in [1.82, 2.24) is 5.32 Å². The largest absolute Gasteiger partial charge is 0.492 e. The highest BCUT2D eigenvalue weighted by Gasteiger charge is 2.15. The van der Waals surface area contributed by atoms with Crippen LogP contribution in [0.15, 0.2) is 46.9 Å². The Labute approximate surface area is 162 Å². The SMILES string of the molecule is Cc1cccc(NC(=S)NC(=O)c2cc(Br)ccc2OCC(C)C)c1. The van der Waals surface area contributed by atoms with Crippen LogP contribution < -0.4 is 15.4 Å². The van der Waals surface area contributed by atoms with E-state index >= 15 is 0 Å². The van der Waals surface area contributed by atoms with E-state index in [1.807, 2.05) is 37.3 Å². The Morgan fingerprint density at radius 3 is 2.68 bits per heavy atom. The monoisotopic (exact) mass is 420 g/mol. The van der Waals surface area contributed by atoms with Crippen LogP contribution in [0.2, 0.25) is 0 Å². The first-order valence-electron chi connectivity index (χ1n) is 7.96. The smallest absolute Gasteiger partial charge is 0.261 e. The maximum absolute atomic E-state index is 12.6. The van der Waals surface area contributed by atoms with Gasteiger partial charge in [0.1, 0.15) is 5.75 Å². The number of thiocarbonyl (C=S) groups is 1. The van der Waals surface area contributed by atoms with E-state index in [2.05, 4.69) is 40.4 Å². The molecule has 0 atom stereocenters. The second kappa shape index (κ2) is 8.97. The highest BCUT2D eigenvalue weighted by molar-refractivity contribution is 9.10. The molecule has 0 spiro atoms. The third-order valence-corrected chi connectivity index (χ3v) is 3.96. The van der Waals surface area contributed by atoms with Gasteiger partial charge in [0.05, 0.1) is 12.2 Å². The fourth-order valence-corrected chi connectivity index (χ4v) is 2.69. The van der Waals surface area contributed by atoms with Crippen molar-refractivity contribution < 1.29 is 9.53 Å². The van der Waals surface area contributed by atoms with Gasteiger partial charge in [0.25, 0.3) is 5.91 Å². The molecule has 0 aliphatic carbocycles. The van der Waals surface area contributed by atoms with Crippen LogP contribution in [0.3, 0.4) is 0 Å². The minimum atomic E-state index is -0.315. The average Bonchev–Trinajstić information content (AvgIpc) is 2.53. The van der Waals surface area contributed by atoms with Crippen LogP contribution in [0.25, 0.3) is 0 Å². The van der Waals surface area contributed by atoms with Crippen molar-refractivity contribution in [2.45, 2.75) is 20.8 Å². The van der Waals surface area contributed by atoms with Gasteiger partial charge >= 0.3 is 0 Å². The van der Waals surface area contributed by atoms with Gasteiger partial charge in [-0.1, -0.05) is 41.9 Å². The molecule has 2 aromatic rings. The first kappa shape index (κ1) is 19.4. The molecule has 0 fully saturated rings. The minimum Gasteiger partial charge on any atom is -0.492 e. The van der Waals surface area contributed by atoms with E-state index in [0.717, 1.165) is 15.7 Å². The topological polar surface area (TPSA) is 50.4 Å². The number of hydrogen-bond acceptors (Lipinski definition) is 3. The summed E-state index contributed by atoms with van der Waals surface area (Å²) in [5.41, 5.74) is 2.37. The Hall–Kier alpha value is -1.92. The van der Waals surface area contributed by atoms with Gasteiger partial charge in [-0.3, -0.25) is 10.1 Å². The Balaban J connectivity index is 2.08. The molecule has 2 N–H and O–H groups in total.